The Hall–Kier alpha value is -1.12. The van der Waals surface area contributed by atoms with Crippen LogP contribution in [0.5, 0.6) is 0 Å². The fourth-order valence-electron chi connectivity index (χ4n) is 3.06. The van der Waals surface area contributed by atoms with Gasteiger partial charge in [-0.1, -0.05) is 76.2 Å². The van der Waals surface area contributed by atoms with Gasteiger partial charge in [-0.05, 0) is 43.2 Å². The highest BCUT2D eigenvalue weighted by Gasteiger charge is 2.11. The van der Waals surface area contributed by atoms with E-state index in [1.165, 1.54) is 32.7 Å². The number of fused-ring (bicyclic) bond motifs is 3. The van der Waals surface area contributed by atoms with Gasteiger partial charge in [-0.2, -0.15) is 23.5 Å². The van der Waals surface area contributed by atoms with Gasteiger partial charge in [0, 0.05) is 11.5 Å². The summed E-state index contributed by atoms with van der Waals surface area (Å²) in [7, 11) is 0. The fourth-order valence-corrected chi connectivity index (χ4v) is 4.57. The summed E-state index contributed by atoms with van der Waals surface area (Å²) >= 11 is 4.05. The molecule has 0 aromatic heterocycles. The molecule has 0 amide bonds. The maximum absolute atomic E-state index is 2.31. The Morgan fingerprint density at radius 2 is 1.04 bits per heavy atom. The molecule has 0 radical (unpaired) electrons. The SMILES string of the molecule is CC(C)SCc1cccc2ccc3cccc(CSC(C)C)c3c12. The van der Waals surface area contributed by atoms with Crippen molar-refractivity contribution in [1.29, 1.82) is 0 Å². The number of hydrogen-bond acceptors (Lipinski definition) is 2. The van der Waals surface area contributed by atoms with E-state index in [2.05, 4.69) is 76.2 Å². The molecule has 0 nitrogen and oxygen atoms in total. The standard InChI is InChI=1S/C22H26S2/c1-15(2)23-13-19-9-5-7-17-11-12-18-8-6-10-20(14-24-16(3)4)22(18)21(17)19/h5-12,15-16H,13-14H2,1-4H3. The average molecular weight is 355 g/mol. The number of rotatable bonds is 6. The summed E-state index contributed by atoms with van der Waals surface area (Å²) in [6, 6.07) is 18.1. The van der Waals surface area contributed by atoms with Crippen molar-refractivity contribution in [1.82, 2.24) is 0 Å². The van der Waals surface area contributed by atoms with E-state index in [1.807, 2.05) is 23.5 Å². The van der Waals surface area contributed by atoms with E-state index in [-0.39, 0.29) is 0 Å². The molecule has 0 aliphatic heterocycles. The van der Waals surface area contributed by atoms with Crippen LogP contribution in [0.2, 0.25) is 0 Å². The minimum atomic E-state index is 0.659. The van der Waals surface area contributed by atoms with Crippen LogP contribution in [0.1, 0.15) is 38.8 Å². The maximum Gasteiger partial charge on any atom is 0.0193 e. The Kier molecular flexibility index (Phi) is 5.78. The molecular formula is C22H26S2. The molecule has 3 rings (SSSR count). The van der Waals surface area contributed by atoms with Crippen molar-refractivity contribution in [2.45, 2.75) is 49.7 Å². The van der Waals surface area contributed by atoms with Gasteiger partial charge >= 0.3 is 0 Å². The monoisotopic (exact) mass is 354 g/mol. The lowest BCUT2D eigenvalue weighted by Crippen LogP contribution is -1.94. The molecule has 0 unspecified atom stereocenters. The molecule has 0 fully saturated rings. The van der Waals surface area contributed by atoms with Gasteiger partial charge in [0.15, 0.2) is 0 Å². The molecule has 3 aromatic rings. The highest BCUT2D eigenvalue weighted by molar-refractivity contribution is 7.99. The Labute approximate surface area is 154 Å². The van der Waals surface area contributed by atoms with Crippen LogP contribution in [-0.4, -0.2) is 10.5 Å². The van der Waals surface area contributed by atoms with E-state index >= 15 is 0 Å². The van der Waals surface area contributed by atoms with E-state index in [0.717, 1.165) is 11.5 Å². The van der Waals surface area contributed by atoms with Gasteiger partial charge in [0.05, 0.1) is 0 Å². The Morgan fingerprint density at radius 3 is 1.42 bits per heavy atom. The summed E-state index contributed by atoms with van der Waals surface area (Å²) in [5.74, 6) is 2.17. The zero-order valence-electron chi connectivity index (χ0n) is 15.0. The van der Waals surface area contributed by atoms with Crippen molar-refractivity contribution in [2.24, 2.45) is 0 Å². The summed E-state index contributed by atoms with van der Waals surface area (Å²) in [5, 5.41) is 6.97. The van der Waals surface area contributed by atoms with Crippen molar-refractivity contribution in [2.75, 3.05) is 0 Å². The predicted octanol–water partition coefficient (Wildman–Crippen LogP) is 7.28. The highest BCUT2D eigenvalue weighted by Crippen LogP contribution is 2.35. The molecule has 24 heavy (non-hydrogen) atoms. The third kappa shape index (κ3) is 3.92. The summed E-state index contributed by atoms with van der Waals surface area (Å²) < 4.78 is 0. The van der Waals surface area contributed by atoms with E-state index in [4.69, 9.17) is 0 Å². The second-order valence-corrected chi connectivity index (χ2v) is 9.95. The van der Waals surface area contributed by atoms with E-state index < -0.39 is 0 Å². The van der Waals surface area contributed by atoms with Gasteiger partial charge in [-0.3, -0.25) is 0 Å². The smallest absolute Gasteiger partial charge is 0.0193 e. The molecule has 0 saturated heterocycles. The largest absolute Gasteiger partial charge is 0.154 e. The predicted molar refractivity (Wildman–Crippen MR) is 114 cm³/mol. The van der Waals surface area contributed by atoms with E-state index in [9.17, 15) is 0 Å². The maximum atomic E-state index is 2.31. The minimum absolute atomic E-state index is 0.659. The molecule has 3 aromatic carbocycles. The fraction of sp³-hybridized carbons (Fsp3) is 0.364. The van der Waals surface area contributed by atoms with Crippen LogP contribution in [0.3, 0.4) is 0 Å². The molecule has 0 bridgehead atoms. The molecule has 0 spiro atoms. The van der Waals surface area contributed by atoms with Crippen LogP contribution in [0.4, 0.5) is 0 Å². The van der Waals surface area contributed by atoms with Crippen molar-refractivity contribution in [3.8, 4) is 0 Å². The number of thioether (sulfide) groups is 2. The van der Waals surface area contributed by atoms with Crippen molar-refractivity contribution in [3.05, 3.63) is 59.7 Å². The van der Waals surface area contributed by atoms with E-state index in [0.29, 0.717) is 10.5 Å². The Balaban J connectivity index is 2.19. The van der Waals surface area contributed by atoms with Crippen LogP contribution in [-0.2, 0) is 11.5 Å². The van der Waals surface area contributed by atoms with Crippen LogP contribution < -0.4 is 0 Å². The van der Waals surface area contributed by atoms with Gasteiger partial charge in [0.25, 0.3) is 0 Å². The first-order valence-electron chi connectivity index (χ1n) is 8.71. The van der Waals surface area contributed by atoms with Crippen molar-refractivity contribution in [3.63, 3.8) is 0 Å². The lowest BCUT2D eigenvalue weighted by Gasteiger charge is -2.15. The first-order chi connectivity index (χ1) is 11.6. The van der Waals surface area contributed by atoms with E-state index in [1.54, 1.807) is 0 Å². The second-order valence-electron chi connectivity index (χ2n) is 6.82. The third-order valence-electron chi connectivity index (χ3n) is 4.20. The first kappa shape index (κ1) is 17.7. The molecular weight excluding hydrogens is 328 g/mol. The molecule has 0 aliphatic carbocycles. The van der Waals surface area contributed by atoms with Crippen LogP contribution in [0.25, 0.3) is 21.5 Å². The van der Waals surface area contributed by atoms with Crippen LogP contribution in [0, 0.1) is 0 Å². The lowest BCUT2D eigenvalue weighted by molar-refractivity contribution is 1.11. The highest BCUT2D eigenvalue weighted by atomic mass is 32.2. The Bertz CT molecular complexity index is 763. The van der Waals surface area contributed by atoms with Gasteiger partial charge in [0.1, 0.15) is 0 Å². The molecule has 0 atom stereocenters. The number of benzene rings is 3. The van der Waals surface area contributed by atoms with Crippen LogP contribution in [0.15, 0.2) is 48.5 Å². The first-order valence-corrected chi connectivity index (χ1v) is 10.8. The van der Waals surface area contributed by atoms with Gasteiger partial charge in [0.2, 0.25) is 0 Å². The normalized spacial score (nSPS) is 11.9. The average Bonchev–Trinajstić information content (AvgIpc) is 2.57. The minimum Gasteiger partial charge on any atom is -0.154 e. The second kappa shape index (κ2) is 7.84. The molecule has 0 saturated carbocycles. The molecule has 126 valence electrons. The molecule has 2 heteroatoms. The number of hydrogen-bond donors (Lipinski definition) is 0. The quantitative estimate of drug-likeness (QED) is 0.427. The zero-order valence-corrected chi connectivity index (χ0v) is 16.6. The van der Waals surface area contributed by atoms with Gasteiger partial charge in [-0.25, -0.2) is 0 Å². The van der Waals surface area contributed by atoms with Crippen LogP contribution >= 0.6 is 23.5 Å². The zero-order chi connectivity index (χ0) is 17.1. The summed E-state index contributed by atoms with van der Waals surface area (Å²) in [5.41, 5.74) is 2.94. The molecule has 0 heterocycles. The third-order valence-corrected chi connectivity index (χ3v) is 6.49. The lowest BCUT2D eigenvalue weighted by atomic mass is 9.95. The Morgan fingerprint density at radius 1 is 0.625 bits per heavy atom. The summed E-state index contributed by atoms with van der Waals surface area (Å²) in [4.78, 5) is 0. The summed E-state index contributed by atoms with van der Waals surface area (Å²) in [6.45, 7) is 9.11. The van der Waals surface area contributed by atoms with Crippen molar-refractivity contribution < 1.29 is 0 Å². The van der Waals surface area contributed by atoms with Gasteiger partial charge in [-0.15, -0.1) is 0 Å². The molecule has 0 N–H and O–H groups in total. The molecule has 0 aliphatic rings. The van der Waals surface area contributed by atoms with Gasteiger partial charge < -0.3 is 0 Å². The topological polar surface area (TPSA) is 0 Å². The van der Waals surface area contributed by atoms with Crippen molar-refractivity contribution >= 4 is 45.1 Å². The summed E-state index contributed by atoms with van der Waals surface area (Å²) in [6.07, 6.45) is 0.